The van der Waals surface area contributed by atoms with Gasteiger partial charge in [0.25, 0.3) is 0 Å². The molecule has 4 N–H and O–H groups in total. The van der Waals surface area contributed by atoms with Crippen LogP contribution in [0.25, 0.3) is 0 Å². The first-order chi connectivity index (χ1) is 0. The molecule has 0 atom stereocenters. The zero-order chi connectivity index (χ0) is 0. The summed E-state index contributed by atoms with van der Waals surface area (Å²) in [7, 11) is 0. The van der Waals surface area contributed by atoms with Crippen molar-refractivity contribution in [2.24, 2.45) is 0 Å². The molecule has 0 amide bonds. The van der Waals surface area contributed by atoms with Crippen molar-refractivity contribution in [2.75, 3.05) is 0 Å². The standard InChI is InChI=1S/6FH.H3N.Zr/h6*1H;1H3;/q;;;;;;;+4/p-5. The average Bonchev–Trinajstić information content (AvgIpc) is 0. The van der Waals surface area contributed by atoms with Gasteiger partial charge in [0.05, 0.1) is 0 Å². The van der Waals surface area contributed by atoms with E-state index in [2.05, 4.69) is 0 Å². The van der Waals surface area contributed by atoms with Crippen molar-refractivity contribution < 1.29 is 54.4 Å². The van der Waals surface area contributed by atoms with Crippen molar-refractivity contribution in [2.45, 2.75) is 0 Å². The summed E-state index contributed by atoms with van der Waals surface area (Å²) >= 11 is 0. The molecule has 0 spiro atoms. The van der Waals surface area contributed by atoms with Crippen molar-refractivity contribution in [1.29, 1.82) is 0 Å². The molecule has 0 unspecified atom stereocenters. The van der Waals surface area contributed by atoms with Gasteiger partial charge in [-0.2, -0.15) is 0 Å². The van der Waals surface area contributed by atoms with Crippen LogP contribution in [0.1, 0.15) is 0 Å². The van der Waals surface area contributed by atoms with E-state index in [0.29, 0.717) is 0 Å². The maximum atomic E-state index is 0. The Morgan fingerprint density at radius 1 is 0.375 bits per heavy atom. The molecular weight excluding hydrogens is 219 g/mol. The molecule has 0 heterocycles. The zero-order valence-electron chi connectivity index (χ0n) is 3.77. The van der Waals surface area contributed by atoms with Gasteiger partial charge in [0, 0.05) is 0 Å². The van der Waals surface area contributed by atoms with Gasteiger partial charge in [-0.1, -0.05) is 0 Å². The van der Waals surface area contributed by atoms with Gasteiger partial charge >= 0.3 is 26.2 Å². The van der Waals surface area contributed by atoms with E-state index in [4.69, 9.17) is 0 Å². The Morgan fingerprint density at radius 3 is 0.375 bits per heavy atom. The van der Waals surface area contributed by atoms with Crippen LogP contribution in [0.4, 0.5) is 0 Å². The Bertz CT molecular complexity index is 8.49. The van der Waals surface area contributed by atoms with Crippen LogP contribution in [0.15, 0.2) is 0 Å². The van der Waals surface area contributed by atoms with Crippen molar-refractivity contribution in [3.05, 3.63) is 0 Å². The molecular formula is H4F6NZr-. The number of rotatable bonds is 0. The molecule has 0 saturated carbocycles. The van der Waals surface area contributed by atoms with Crippen LogP contribution in [0.2, 0.25) is 0 Å². The zero-order valence-corrected chi connectivity index (χ0v) is 6.23. The van der Waals surface area contributed by atoms with E-state index in [1.165, 1.54) is 0 Å². The third-order valence-corrected chi connectivity index (χ3v) is 0. The molecule has 0 aromatic carbocycles. The Morgan fingerprint density at radius 2 is 0.375 bits per heavy atom. The van der Waals surface area contributed by atoms with Gasteiger partial charge in [-0.05, 0) is 0 Å². The van der Waals surface area contributed by atoms with Crippen molar-refractivity contribution in [3.63, 3.8) is 0 Å². The Hall–Kier alpha value is 0.423. The van der Waals surface area contributed by atoms with E-state index in [1.54, 1.807) is 0 Å². The normalized spacial score (nSPS) is 0. The van der Waals surface area contributed by atoms with Crippen molar-refractivity contribution in [3.8, 4) is 0 Å². The first-order valence-electron chi connectivity index (χ1n) is 0. The molecule has 0 aromatic heterocycles. The summed E-state index contributed by atoms with van der Waals surface area (Å²) in [5.74, 6) is 0. The summed E-state index contributed by atoms with van der Waals surface area (Å²) in [6.07, 6.45) is 0. The van der Waals surface area contributed by atoms with E-state index < -0.39 is 0 Å². The van der Waals surface area contributed by atoms with Crippen LogP contribution < -0.4 is 34.4 Å². The monoisotopic (exact) mass is 222 g/mol. The second kappa shape index (κ2) is 1710. The van der Waals surface area contributed by atoms with Gasteiger partial charge < -0.3 is 34.4 Å². The molecule has 0 fully saturated rings. The molecule has 56 valence electrons. The molecule has 1 nitrogen and oxygen atoms in total. The number of hydrogen-bond donors (Lipinski definition) is 1. The van der Waals surface area contributed by atoms with Crippen LogP contribution in [-0.4, -0.2) is 0 Å². The SMILES string of the molecule is [F-].[F-].[F-].[F-].[F-].[F-].[NH4+].[Zr+4]. The molecule has 0 aliphatic rings. The van der Waals surface area contributed by atoms with Crippen LogP contribution in [0.5, 0.6) is 0 Å². The fourth-order valence-electron chi connectivity index (χ4n) is 0. The largest absolute Gasteiger partial charge is 4.00 e. The summed E-state index contributed by atoms with van der Waals surface area (Å²) in [5.41, 5.74) is 0. The smallest absolute Gasteiger partial charge is 1.00 e. The summed E-state index contributed by atoms with van der Waals surface area (Å²) in [6.45, 7) is 0. The molecule has 0 aromatic rings. The third-order valence-electron chi connectivity index (χ3n) is 0. The molecule has 0 aliphatic carbocycles. The maximum absolute atomic E-state index is 0. The van der Waals surface area contributed by atoms with Gasteiger partial charge in [-0.15, -0.1) is 0 Å². The van der Waals surface area contributed by atoms with Crippen LogP contribution >= 0.6 is 0 Å². The van der Waals surface area contributed by atoms with Crippen molar-refractivity contribution in [1.82, 2.24) is 6.15 Å². The Balaban J connectivity index is 0. The number of hydrogen-bond acceptors (Lipinski definition) is 0. The minimum absolute atomic E-state index is 0. The fraction of sp³-hybridized carbons (Fsp3) is 0. The fourth-order valence-corrected chi connectivity index (χ4v) is 0. The predicted molar refractivity (Wildman–Crippen MR) is 5.98 cm³/mol. The number of halogens is 6. The third kappa shape index (κ3) is 1060. The van der Waals surface area contributed by atoms with Gasteiger partial charge in [0.2, 0.25) is 0 Å². The van der Waals surface area contributed by atoms with Crippen LogP contribution in [-0.2, 0) is 26.2 Å². The average molecular weight is 223 g/mol. The second-order valence-corrected chi connectivity index (χ2v) is 0. The molecule has 0 radical (unpaired) electrons. The van der Waals surface area contributed by atoms with Crippen LogP contribution in [0.3, 0.4) is 0 Å². The summed E-state index contributed by atoms with van der Waals surface area (Å²) in [6, 6.07) is 0. The van der Waals surface area contributed by atoms with E-state index >= 15 is 0 Å². The topological polar surface area (TPSA) is 36.5 Å². The number of quaternary nitrogens is 1. The summed E-state index contributed by atoms with van der Waals surface area (Å²) in [4.78, 5) is 0. The molecule has 8 heteroatoms. The first-order valence-corrected chi connectivity index (χ1v) is 0. The molecule has 0 bridgehead atoms. The summed E-state index contributed by atoms with van der Waals surface area (Å²) < 4.78 is 0. The molecule has 8 heavy (non-hydrogen) atoms. The van der Waals surface area contributed by atoms with E-state index in [-0.39, 0.29) is 60.6 Å². The molecule has 0 rings (SSSR count). The second-order valence-electron chi connectivity index (χ2n) is 0. The van der Waals surface area contributed by atoms with E-state index in [0.717, 1.165) is 0 Å². The molecule has 0 saturated heterocycles. The van der Waals surface area contributed by atoms with E-state index in [1.807, 2.05) is 0 Å². The van der Waals surface area contributed by atoms with Gasteiger partial charge in [-0.25, -0.2) is 0 Å². The maximum Gasteiger partial charge on any atom is 4.00 e. The molecule has 0 aliphatic heterocycles. The van der Waals surface area contributed by atoms with Crippen molar-refractivity contribution >= 4 is 0 Å². The van der Waals surface area contributed by atoms with Gasteiger partial charge in [0.15, 0.2) is 0 Å². The van der Waals surface area contributed by atoms with Gasteiger partial charge in [-0.3, -0.25) is 0 Å². The van der Waals surface area contributed by atoms with Gasteiger partial charge in [0.1, 0.15) is 0 Å². The quantitative estimate of drug-likeness (QED) is 0.396. The minimum atomic E-state index is 0. The van der Waals surface area contributed by atoms with Crippen LogP contribution in [0, 0.1) is 0 Å². The first kappa shape index (κ1) is 2590. The predicted octanol–water partition coefficient (Wildman–Crippen LogP) is -17.6. The Kier molecular flexibility index (Phi) is 554000. The summed E-state index contributed by atoms with van der Waals surface area (Å²) in [5, 5.41) is 0. The minimum Gasteiger partial charge on any atom is -1.00 e. The Labute approximate surface area is 61.1 Å². The van der Waals surface area contributed by atoms with E-state index in [9.17, 15) is 0 Å².